The first kappa shape index (κ1) is 18.2. The second-order valence-corrected chi connectivity index (χ2v) is 8.36. The highest BCUT2D eigenvalue weighted by Crippen LogP contribution is 2.50. The molecule has 2 amide bonds. The maximum Gasteiger partial charge on any atom is 0.338 e. The number of carbonyl (C=O) groups excluding carboxylic acids is 3. The summed E-state index contributed by atoms with van der Waals surface area (Å²) in [6, 6.07) is 4.36. The standard InChI is InChI=1S/C17H18N2O6S/c1-17(2)11(15(22)23)19-13(21)10(14(19)26-17)18-12(20)8-6-4-5-7-9(8)16(24)25-3/h4-7,10-11,14H,1-3H3,(H,18,20)(H,22,23)/t10-,11+,14-/m1/s1. The molecule has 9 heteroatoms. The smallest absolute Gasteiger partial charge is 0.338 e. The van der Waals surface area contributed by atoms with E-state index in [-0.39, 0.29) is 11.1 Å². The van der Waals surface area contributed by atoms with Crippen molar-refractivity contribution in [3.05, 3.63) is 35.4 Å². The Hall–Kier alpha value is -2.55. The molecule has 2 saturated heterocycles. The summed E-state index contributed by atoms with van der Waals surface area (Å²) in [4.78, 5) is 49.6. The van der Waals surface area contributed by atoms with Gasteiger partial charge in [0.25, 0.3) is 5.91 Å². The highest BCUT2D eigenvalue weighted by atomic mass is 32.2. The summed E-state index contributed by atoms with van der Waals surface area (Å²) in [5.41, 5.74) is 0.196. The van der Waals surface area contributed by atoms with E-state index in [0.717, 1.165) is 0 Å². The Bertz CT molecular complexity index is 808. The number of nitrogens with one attached hydrogen (secondary N) is 1. The number of carbonyl (C=O) groups is 4. The van der Waals surface area contributed by atoms with Gasteiger partial charge in [-0.3, -0.25) is 9.59 Å². The minimum atomic E-state index is -1.07. The molecule has 1 aromatic carbocycles. The summed E-state index contributed by atoms with van der Waals surface area (Å²) in [5, 5.41) is 11.6. The third-order valence-electron chi connectivity index (χ3n) is 4.54. The molecule has 0 bridgehead atoms. The van der Waals surface area contributed by atoms with E-state index in [1.54, 1.807) is 26.0 Å². The first-order valence-corrected chi connectivity index (χ1v) is 8.78. The number of fused-ring (bicyclic) bond motifs is 1. The number of carboxylic acids is 1. The van der Waals surface area contributed by atoms with Crippen molar-refractivity contribution in [3.8, 4) is 0 Å². The summed E-state index contributed by atoms with van der Waals surface area (Å²) in [7, 11) is 1.22. The van der Waals surface area contributed by atoms with Gasteiger partial charge in [-0.15, -0.1) is 11.8 Å². The van der Waals surface area contributed by atoms with Crippen molar-refractivity contribution in [3.63, 3.8) is 0 Å². The number of hydrogen-bond donors (Lipinski definition) is 2. The number of aliphatic carboxylic acids is 1. The van der Waals surface area contributed by atoms with Gasteiger partial charge in [-0.25, -0.2) is 9.59 Å². The highest BCUT2D eigenvalue weighted by molar-refractivity contribution is 8.01. The van der Waals surface area contributed by atoms with Gasteiger partial charge in [0.15, 0.2) is 0 Å². The van der Waals surface area contributed by atoms with Gasteiger partial charge in [-0.2, -0.15) is 0 Å². The molecule has 3 atom stereocenters. The van der Waals surface area contributed by atoms with Crippen LogP contribution in [0.3, 0.4) is 0 Å². The molecule has 3 rings (SSSR count). The predicted molar refractivity (Wildman–Crippen MR) is 92.8 cm³/mol. The summed E-state index contributed by atoms with van der Waals surface area (Å²) >= 11 is 1.34. The van der Waals surface area contributed by atoms with Gasteiger partial charge in [0.1, 0.15) is 17.5 Å². The van der Waals surface area contributed by atoms with Gasteiger partial charge >= 0.3 is 11.9 Å². The Labute approximate surface area is 153 Å². The lowest BCUT2D eigenvalue weighted by Gasteiger charge is -2.43. The van der Waals surface area contributed by atoms with Crippen LogP contribution in [0.2, 0.25) is 0 Å². The minimum absolute atomic E-state index is 0.0962. The fourth-order valence-corrected chi connectivity index (χ4v) is 4.96. The Balaban J connectivity index is 1.80. The Morgan fingerprint density at radius 3 is 2.42 bits per heavy atom. The maximum absolute atomic E-state index is 12.6. The number of hydrogen-bond acceptors (Lipinski definition) is 6. The van der Waals surface area contributed by atoms with Gasteiger partial charge in [-0.1, -0.05) is 12.1 Å². The van der Waals surface area contributed by atoms with E-state index in [9.17, 15) is 24.3 Å². The average molecular weight is 378 g/mol. The van der Waals surface area contributed by atoms with Crippen LogP contribution >= 0.6 is 11.8 Å². The number of thioether (sulfide) groups is 1. The van der Waals surface area contributed by atoms with Crippen LogP contribution in [-0.4, -0.2) is 63.1 Å². The quantitative estimate of drug-likeness (QED) is 0.586. The lowest BCUT2D eigenvalue weighted by atomic mass is 9.95. The number of methoxy groups -OCH3 is 1. The molecule has 2 heterocycles. The zero-order chi connectivity index (χ0) is 19.2. The van der Waals surface area contributed by atoms with Crippen molar-refractivity contribution in [2.45, 2.75) is 36.1 Å². The van der Waals surface area contributed by atoms with Crippen molar-refractivity contribution in [1.82, 2.24) is 10.2 Å². The van der Waals surface area contributed by atoms with Crippen LogP contribution < -0.4 is 5.32 Å². The fourth-order valence-electron chi connectivity index (χ4n) is 3.33. The molecule has 1 aromatic rings. The average Bonchev–Trinajstić information content (AvgIpc) is 2.86. The summed E-state index contributed by atoms with van der Waals surface area (Å²) in [6.45, 7) is 3.51. The minimum Gasteiger partial charge on any atom is -0.480 e. The van der Waals surface area contributed by atoms with Crippen LogP contribution in [0.5, 0.6) is 0 Å². The molecule has 0 aromatic heterocycles. The molecule has 2 N–H and O–H groups in total. The van der Waals surface area contributed by atoms with Gasteiger partial charge in [-0.05, 0) is 26.0 Å². The number of rotatable bonds is 4. The molecule has 0 aliphatic carbocycles. The SMILES string of the molecule is COC(=O)c1ccccc1C(=O)N[C@@H]1C(=O)N2[C@@H]1SC(C)(C)[C@@H]2C(=O)O. The van der Waals surface area contributed by atoms with Crippen LogP contribution in [-0.2, 0) is 14.3 Å². The maximum atomic E-state index is 12.6. The predicted octanol–water partition coefficient (Wildman–Crippen LogP) is 0.718. The summed E-state index contributed by atoms with van der Waals surface area (Å²) < 4.78 is 4.00. The molecule has 0 saturated carbocycles. The number of benzene rings is 1. The second kappa shape index (κ2) is 6.31. The fraction of sp³-hybridized carbons (Fsp3) is 0.412. The Kier molecular flexibility index (Phi) is 4.43. The van der Waals surface area contributed by atoms with E-state index >= 15 is 0 Å². The molecule has 2 aliphatic heterocycles. The van der Waals surface area contributed by atoms with Crippen LogP contribution in [0.4, 0.5) is 0 Å². The van der Waals surface area contributed by atoms with E-state index in [1.807, 2.05) is 0 Å². The lowest BCUT2D eigenvalue weighted by Crippen LogP contribution is -2.70. The highest BCUT2D eigenvalue weighted by Gasteiger charge is 2.64. The monoisotopic (exact) mass is 378 g/mol. The van der Waals surface area contributed by atoms with Crippen LogP contribution in [0.1, 0.15) is 34.6 Å². The third-order valence-corrected chi connectivity index (χ3v) is 6.11. The lowest BCUT2D eigenvalue weighted by molar-refractivity contribution is -0.159. The van der Waals surface area contributed by atoms with E-state index in [4.69, 9.17) is 0 Å². The molecule has 0 spiro atoms. The van der Waals surface area contributed by atoms with Crippen molar-refractivity contribution in [1.29, 1.82) is 0 Å². The topological polar surface area (TPSA) is 113 Å². The number of nitrogens with zero attached hydrogens (tertiary/aromatic N) is 1. The zero-order valence-corrected chi connectivity index (χ0v) is 15.2. The van der Waals surface area contributed by atoms with E-state index < -0.39 is 46.0 Å². The first-order valence-electron chi connectivity index (χ1n) is 7.90. The molecule has 0 radical (unpaired) electrons. The van der Waals surface area contributed by atoms with Crippen LogP contribution in [0.15, 0.2) is 24.3 Å². The van der Waals surface area contributed by atoms with Crippen LogP contribution in [0.25, 0.3) is 0 Å². The Morgan fingerprint density at radius 2 is 1.85 bits per heavy atom. The van der Waals surface area contributed by atoms with Crippen molar-refractivity contribution in [2.24, 2.45) is 0 Å². The number of carboxylic acid groups (broad SMARTS) is 1. The second-order valence-electron chi connectivity index (χ2n) is 6.59. The molecular formula is C17H18N2O6S. The van der Waals surface area contributed by atoms with Crippen molar-refractivity contribution in [2.75, 3.05) is 7.11 Å². The number of amides is 2. The number of ether oxygens (including phenoxy) is 1. The van der Waals surface area contributed by atoms with Gasteiger partial charge in [0.2, 0.25) is 5.91 Å². The van der Waals surface area contributed by atoms with E-state index in [1.165, 1.54) is 35.9 Å². The van der Waals surface area contributed by atoms with E-state index in [2.05, 4.69) is 10.1 Å². The number of β-lactam (4-membered cyclic amide) rings is 1. The molecule has 8 nitrogen and oxygen atoms in total. The molecule has 2 fully saturated rings. The van der Waals surface area contributed by atoms with Crippen molar-refractivity contribution >= 4 is 35.5 Å². The molecule has 26 heavy (non-hydrogen) atoms. The molecular weight excluding hydrogens is 360 g/mol. The summed E-state index contributed by atoms with van der Waals surface area (Å²) in [6.07, 6.45) is 0. The molecule has 2 aliphatic rings. The largest absolute Gasteiger partial charge is 0.480 e. The molecule has 138 valence electrons. The Morgan fingerprint density at radius 1 is 1.23 bits per heavy atom. The van der Waals surface area contributed by atoms with E-state index in [0.29, 0.717) is 0 Å². The van der Waals surface area contributed by atoms with Gasteiger partial charge in [0.05, 0.1) is 18.2 Å². The first-order chi connectivity index (χ1) is 12.2. The van der Waals surface area contributed by atoms with Gasteiger partial charge in [0, 0.05) is 4.75 Å². The number of esters is 1. The zero-order valence-electron chi connectivity index (χ0n) is 14.4. The van der Waals surface area contributed by atoms with Gasteiger partial charge < -0.3 is 20.1 Å². The van der Waals surface area contributed by atoms with Crippen LogP contribution in [0, 0.1) is 0 Å². The summed E-state index contributed by atoms with van der Waals surface area (Å²) in [5.74, 6) is -2.75. The van der Waals surface area contributed by atoms with Crippen molar-refractivity contribution < 1.29 is 29.0 Å². The normalized spacial score (nSPS) is 25.9. The molecule has 0 unspecified atom stereocenters. The third kappa shape index (κ3) is 2.72.